The van der Waals surface area contributed by atoms with Crippen molar-refractivity contribution < 1.29 is 56.5 Å². The summed E-state index contributed by atoms with van der Waals surface area (Å²) in [6.07, 6.45) is -8.25. The topological polar surface area (TPSA) is 194 Å². The lowest BCUT2D eigenvalue weighted by Gasteiger charge is -2.21. The van der Waals surface area contributed by atoms with Crippen LogP contribution in [0, 0.1) is 0 Å². The lowest BCUT2D eigenvalue weighted by molar-refractivity contribution is 0.0525. The van der Waals surface area contributed by atoms with Gasteiger partial charge >= 0.3 is 45.2 Å². The van der Waals surface area contributed by atoms with E-state index >= 15 is 0 Å². The van der Waals surface area contributed by atoms with Gasteiger partial charge in [0.1, 0.15) is 16.8 Å². The molecule has 0 saturated heterocycles. The van der Waals surface area contributed by atoms with Crippen LogP contribution < -0.4 is 16.0 Å². The maximum absolute atomic E-state index is 11.9. The summed E-state index contributed by atoms with van der Waals surface area (Å²) in [5.41, 5.74) is -2.87. The minimum atomic E-state index is -3.23. The van der Waals surface area contributed by atoms with Crippen LogP contribution >= 0.6 is 8.60 Å². The highest BCUT2D eigenvalue weighted by Gasteiger charge is 2.32. The fourth-order valence-corrected chi connectivity index (χ4v) is 2.14. The van der Waals surface area contributed by atoms with Crippen LogP contribution in [0.4, 0.5) is 28.8 Å². The van der Waals surface area contributed by atoms with Crippen molar-refractivity contribution in [2.24, 2.45) is 0 Å². The van der Waals surface area contributed by atoms with Gasteiger partial charge in [0.2, 0.25) is 0 Å². The number of ether oxygens (including phenoxy) is 3. The van der Waals surface area contributed by atoms with Crippen LogP contribution in [0.2, 0.25) is 0 Å². The molecule has 0 bridgehead atoms. The minimum absolute atomic E-state index is 0.956. The van der Waals surface area contributed by atoms with E-state index in [2.05, 4.69) is 13.6 Å². The number of nitrogens with one attached hydrogen (secondary N) is 3. The van der Waals surface area contributed by atoms with E-state index in [1.807, 2.05) is 0 Å². The Morgan fingerprint density at radius 3 is 0.824 bits per heavy atom. The first kappa shape index (κ1) is 30.6. The number of amides is 6. The third kappa shape index (κ3) is 17.2. The summed E-state index contributed by atoms with van der Waals surface area (Å²) in [6.45, 7) is 13.7. The summed E-state index contributed by atoms with van der Waals surface area (Å²) in [6, 6.07) is 0. The highest BCUT2D eigenvalue weighted by Crippen LogP contribution is 2.40. The van der Waals surface area contributed by atoms with Gasteiger partial charge in [0.05, 0.1) is 0 Å². The zero-order valence-corrected chi connectivity index (χ0v) is 21.2. The second-order valence-electron chi connectivity index (χ2n) is 9.24. The van der Waals surface area contributed by atoms with Gasteiger partial charge in [-0.15, -0.1) is 0 Å². The molecule has 3 N–H and O–H groups in total. The molecule has 0 aromatic carbocycles. The fourth-order valence-electron chi connectivity index (χ4n) is 1.49. The average molecular weight is 511 g/mol. The fraction of sp³-hybridized carbons (Fsp3) is 0.667. The number of carbonyl (C=O) groups is 6. The molecule has 0 saturated carbocycles. The quantitative estimate of drug-likeness (QED) is 0.361. The first-order valence-corrected chi connectivity index (χ1v) is 10.7. The predicted molar refractivity (Wildman–Crippen MR) is 114 cm³/mol. The molecule has 0 rings (SSSR count). The molecule has 0 radical (unpaired) electrons. The van der Waals surface area contributed by atoms with E-state index in [4.69, 9.17) is 14.2 Å². The third-order valence-electron chi connectivity index (χ3n) is 2.28. The summed E-state index contributed by atoms with van der Waals surface area (Å²) in [4.78, 5) is 70.7. The molecule has 0 aliphatic rings. The molecule has 0 atom stereocenters. The predicted octanol–water partition coefficient (Wildman–Crippen LogP) is 4.20. The van der Waals surface area contributed by atoms with Crippen LogP contribution in [-0.4, -0.2) is 53.4 Å². The Morgan fingerprint density at radius 1 is 0.441 bits per heavy atom. The van der Waals surface area contributed by atoms with Gasteiger partial charge in [-0.2, -0.15) is 0 Å². The summed E-state index contributed by atoms with van der Waals surface area (Å²) in [5, 5.41) is 4.93. The first-order valence-electron chi connectivity index (χ1n) is 9.61. The monoisotopic (exact) mass is 511 g/mol. The second-order valence-corrected chi connectivity index (χ2v) is 10.2. The Kier molecular flexibility index (Phi) is 11.0. The van der Waals surface area contributed by atoms with Gasteiger partial charge in [-0.3, -0.25) is 0 Å². The molecule has 0 aliphatic heterocycles. The van der Waals surface area contributed by atoms with Crippen molar-refractivity contribution in [3.8, 4) is 0 Å². The molecule has 16 heteroatoms. The maximum atomic E-state index is 11.9. The lowest BCUT2D eigenvalue weighted by atomic mass is 10.2. The van der Waals surface area contributed by atoms with Gasteiger partial charge in [0, 0.05) is 0 Å². The number of alkyl carbamates (subject to hydrolysis) is 3. The molecule has 0 unspecified atom stereocenters. The van der Waals surface area contributed by atoms with Crippen molar-refractivity contribution in [1.82, 2.24) is 16.0 Å². The van der Waals surface area contributed by atoms with Crippen LogP contribution in [0.25, 0.3) is 0 Å². The largest absolute Gasteiger partial charge is 0.540 e. The Labute approximate surface area is 197 Å². The molecule has 0 spiro atoms. The normalized spacial score (nSPS) is 11.5. The molecule has 0 aromatic rings. The molecule has 0 heterocycles. The standard InChI is InChI=1S/C18H30N3O12P/c1-16(2,3)28-10(22)19-13(25)31-34(32-14(26)20-11(23)29-17(4,5)6)33-15(27)21-12(24)30-18(7,8)9/h1-9H3,(H,19,22,25)(H,20,23,26)(H,21,24,27). The van der Waals surface area contributed by atoms with Crippen LogP contribution in [0.15, 0.2) is 0 Å². The number of rotatable bonds is 3. The summed E-state index contributed by atoms with van der Waals surface area (Å²) >= 11 is 0. The molecule has 34 heavy (non-hydrogen) atoms. The van der Waals surface area contributed by atoms with Crippen LogP contribution in [-0.2, 0) is 27.8 Å². The number of hydrogen-bond donors (Lipinski definition) is 3. The molecular weight excluding hydrogens is 481 g/mol. The van der Waals surface area contributed by atoms with Crippen molar-refractivity contribution in [2.75, 3.05) is 0 Å². The van der Waals surface area contributed by atoms with E-state index in [1.165, 1.54) is 62.3 Å². The molecule has 0 aliphatic carbocycles. The van der Waals surface area contributed by atoms with E-state index in [-0.39, 0.29) is 0 Å². The van der Waals surface area contributed by atoms with E-state index < -0.39 is 62.0 Å². The van der Waals surface area contributed by atoms with Crippen LogP contribution in [0.5, 0.6) is 0 Å². The third-order valence-corrected chi connectivity index (χ3v) is 3.23. The second kappa shape index (κ2) is 12.2. The Morgan fingerprint density at radius 2 is 0.647 bits per heavy atom. The molecule has 0 aromatic heterocycles. The van der Waals surface area contributed by atoms with E-state index in [1.54, 1.807) is 16.0 Å². The molecular formula is C18H30N3O12P. The summed E-state index contributed by atoms with van der Waals surface area (Å²) < 4.78 is 28.3. The Balaban J connectivity index is 5.20. The summed E-state index contributed by atoms with van der Waals surface area (Å²) in [5.74, 6) is 0. The smallest absolute Gasteiger partial charge is 0.443 e. The zero-order valence-electron chi connectivity index (χ0n) is 20.3. The molecule has 15 nitrogen and oxygen atoms in total. The highest BCUT2D eigenvalue weighted by atomic mass is 31.2. The van der Waals surface area contributed by atoms with Crippen molar-refractivity contribution >= 4 is 45.2 Å². The van der Waals surface area contributed by atoms with Gasteiger partial charge in [0.25, 0.3) is 0 Å². The minimum Gasteiger partial charge on any atom is -0.443 e. The maximum Gasteiger partial charge on any atom is 0.540 e. The van der Waals surface area contributed by atoms with E-state index in [0.717, 1.165) is 0 Å². The number of carbonyl (C=O) groups excluding carboxylic acids is 6. The van der Waals surface area contributed by atoms with Crippen molar-refractivity contribution in [2.45, 2.75) is 79.1 Å². The highest BCUT2D eigenvalue weighted by molar-refractivity contribution is 7.43. The molecule has 6 amide bonds. The molecule has 0 fully saturated rings. The van der Waals surface area contributed by atoms with Gasteiger partial charge in [-0.1, -0.05) is 0 Å². The van der Waals surface area contributed by atoms with Gasteiger partial charge in [0.15, 0.2) is 0 Å². The Bertz CT molecular complexity index is 691. The van der Waals surface area contributed by atoms with Crippen LogP contribution in [0.1, 0.15) is 62.3 Å². The number of hydrogen-bond acceptors (Lipinski definition) is 12. The van der Waals surface area contributed by atoms with E-state index in [9.17, 15) is 28.8 Å². The average Bonchev–Trinajstić information content (AvgIpc) is 2.47. The first-order chi connectivity index (χ1) is 15.1. The summed E-state index contributed by atoms with van der Waals surface area (Å²) in [7, 11) is -3.23. The van der Waals surface area contributed by atoms with Gasteiger partial charge in [-0.05, 0) is 62.3 Å². The van der Waals surface area contributed by atoms with Crippen molar-refractivity contribution in [3.05, 3.63) is 0 Å². The van der Waals surface area contributed by atoms with Gasteiger partial charge < -0.3 is 27.8 Å². The van der Waals surface area contributed by atoms with Crippen LogP contribution in [0.3, 0.4) is 0 Å². The lowest BCUT2D eigenvalue weighted by Crippen LogP contribution is -2.38. The Hall–Kier alpha value is -3.35. The zero-order chi connectivity index (χ0) is 26.9. The number of imide groups is 3. The SMILES string of the molecule is CC(C)(C)OC(=O)NC(=O)OP(OC(=O)NC(=O)OC(C)(C)C)OC(=O)NC(=O)OC(C)(C)C. The van der Waals surface area contributed by atoms with Crippen molar-refractivity contribution in [1.29, 1.82) is 0 Å². The van der Waals surface area contributed by atoms with Gasteiger partial charge in [-0.25, -0.2) is 44.7 Å². The van der Waals surface area contributed by atoms with E-state index in [0.29, 0.717) is 0 Å². The molecule has 194 valence electrons. The van der Waals surface area contributed by atoms with Crippen molar-refractivity contribution in [3.63, 3.8) is 0 Å².